The molecule has 0 spiro atoms. The molecule has 8 aromatic rings. The maximum atomic E-state index is 9.88. The van der Waals surface area contributed by atoms with E-state index in [9.17, 15) is 10.5 Å². The van der Waals surface area contributed by atoms with Crippen molar-refractivity contribution in [2.45, 2.75) is 0 Å². The van der Waals surface area contributed by atoms with Crippen LogP contribution in [0.2, 0.25) is 0 Å². The molecule has 4 nitrogen and oxygen atoms in total. The second-order valence-electron chi connectivity index (χ2n) is 10.4. The van der Waals surface area contributed by atoms with Crippen molar-refractivity contribution in [1.82, 2.24) is 0 Å². The van der Waals surface area contributed by atoms with E-state index in [4.69, 9.17) is 8.83 Å². The molecule has 0 atom stereocenters. The summed E-state index contributed by atoms with van der Waals surface area (Å²) in [4.78, 5) is 0. The van der Waals surface area contributed by atoms with Gasteiger partial charge in [0.15, 0.2) is 0 Å². The van der Waals surface area contributed by atoms with Crippen molar-refractivity contribution >= 4 is 43.9 Å². The molecular weight excluding hydrogens is 516 g/mol. The van der Waals surface area contributed by atoms with Gasteiger partial charge in [0.1, 0.15) is 22.3 Å². The topological polar surface area (TPSA) is 73.9 Å². The Morgan fingerprint density at radius 1 is 0.405 bits per heavy atom. The predicted molar refractivity (Wildman–Crippen MR) is 167 cm³/mol. The van der Waals surface area contributed by atoms with Crippen molar-refractivity contribution in [3.8, 4) is 45.5 Å². The summed E-state index contributed by atoms with van der Waals surface area (Å²) in [5.41, 5.74) is 10.3. The minimum absolute atomic E-state index is 0.592. The normalized spacial score (nSPS) is 11.3. The molecule has 2 aromatic heterocycles. The van der Waals surface area contributed by atoms with Gasteiger partial charge < -0.3 is 8.83 Å². The number of rotatable bonds is 3. The van der Waals surface area contributed by atoms with E-state index in [-0.39, 0.29) is 0 Å². The van der Waals surface area contributed by atoms with Crippen molar-refractivity contribution in [2.24, 2.45) is 0 Å². The van der Waals surface area contributed by atoms with Gasteiger partial charge >= 0.3 is 0 Å². The fourth-order valence-corrected chi connectivity index (χ4v) is 5.88. The van der Waals surface area contributed by atoms with E-state index in [2.05, 4.69) is 66.7 Å². The number of fused-ring (bicyclic) bond motifs is 6. The lowest BCUT2D eigenvalue weighted by Crippen LogP contribution is -1.89. The summed E-state index contributed by atoms with van der Waals surface area (Å²) in [7, 11) is 0. The Morgan fingerprint density at radius 3 is 1.86 bits per heavy atom. The molecule has 2 heterocycles. The number of benzene rings is 6. The average Bonchev–Trinajstić information content (AvgIpc) is 3.61. The molecule has 0 bridgehead atoms. The summed E-state index contributed by atoms with van der Waals surface area (Å²) < 4.78 is 12.3. The Hall–Kier alpha value is -6.10. The van der Waals surface area contributed by atoms with Crippen LogP contribution in [0.5, 0.6) is 0 Å². The molecule has 0 saturated heterocycles. The average molecular weight is 537 g/mol. The molecule has 0 aliphatic heterocycles. The molecular formula is C38H20N2O2. The van der Waals surface area contributed by atoms with E-state index in [0.717, 1.165) is 77.3 Å². The van der Waals surface area contributed by atoms with E-state index < -0.39 is 0 Å². The van der Waals surface area contributed by atoms with Crippen LogP contribution in [-0.2, 0) is 0 Å². The van der Waals surface area contributed by atoms with Crippen LogP contribution in [0, 0.1) is 22.7 Å². The van der Waals surface area contributed by atoms with Gasteiger partial charge in [0.05, 0.1) is 23.3 Å². The van der Waals surface area contributed by atoms with Gasteiger partial charge in [0.25, 0.3) is 0 Å². The van der Waals surface area contributed by atoms with E-state index in [1.54, 1.807) is 6.07 Å². The molecule has 0 unspecified atom stereocenters. The van der Waals surface area contributed by atoms with Crippen LogP contribution in [0.4, 0.5) is 0 Å². The molecule has 6 aromatic carbocycles. The lowest BCUT2D eigenvalue weighted by atomic mass is 9.91. The molecule has 8 rings (SSSR count). The van der Waals surface area contributed by atoms with E-state index in [1.165, 1.54) is 0 Å². The number of nitrogens with zero attached hydrogens (tertiary/aromatic N) is 2. The van der Waals surface area contributed by atoms with Crippen LogP contribution >= 0.6 is 0 Å². The van der Waals surface area contributed by atoms with Gasteiger partial charge in [0.2, 0.25) is 0 Å². The Kier molecular flexibility index (Phi) is 5.22. The van der Waals surface area contributed by atoms with Gasteiger partial charge in [-0.1, -0.05) is 48.5 Å². The number of furan rings is 2. The fourth-order valence-electron chi connectivity index (χ4n) is 5.88. The molecule has 0 saturated carbocycles. The Labute approximate surface area is 240 Å². The molecule has 0 radical (unpaired) electrons. The molecule has 0 amide bonds. The van der Waals surface area contributed by atoms with Gasteiger partial charge in [-0.25, -0.2) is 0 Å². The Bertz CT molecular complexity index is 2450. The summed E-state index contributed by atoms with van der Waals surface area (Å²) in [5, 5.41) is 23.4. The SMILES string of the molecule is N#Cc1ccc2oc3ccc(-c4cc(-c5ccc6c(c5)oc5ccccc56)cc(-c5ccccc5C#N)c4)cc3c2c1. The van der Waals surface area contributed by atoms with E-state index in [1.807, 2.05) is 60.7 Å². The van der Waals surface area contributed by atoms with E-state index in [0.29, 0.717) is 11.1 Å². The third kappa shape index (κ3) is 3.75. The monoisotopic (exact) mass is 536 g/mol. The number of hydrogen-bond acceptors (Lipinski definition) is 4. The maximum absolute atomic E-state index is 9.88. The molecule has 0 fully saturated rings. The summed E-state index contributed by atoms with van der Waals surface area (Å²) >= 11 is 0. The molecule has 0 aliphatic carbocycles. The van der Waals surface area contributed by atoms with Crippen molar-refractivity contribution < 1.29 is 8.83 Å². The molecule has 0 aliphatic rings. The zero-order valence-corrected chi connectivity index (χ0v) is 22.3. The second kappa shape index (κ2) is 9.24. The van der Waals surface area contributed by atoms with Crippen molar-refractivity contribution in [2.75, 3.05) is 0 Å². The van der Waals surface area contributed by atoms with Crippen LogP contribution in [0.1, 0.15) is 11.1 Å². The van der Waals surface area contributed by atoms with Gasteiger partial charge in [-0.15, -0.1) is 0 Å². The van der Waals surface area contributed by atoms with Crippen LogP contribution < -0.4 is 0 Å². The summed E-state index contributed by atoms with van der Waals surface area (Å²) in [6.45, 7) is 0. The first-order valence-corrected chi connectivity index (χ1v) is 13.6. The van der Waals surface area contributed by atoms with Crippen LogP contribution in [-0.4, -0.2) is 0 Å². The standard InChI is InChI=1S/C38H20N2O2/c39-21-23-9-13-36-33(15-23)34-19-24(11-14-37(34)41-36)27-16-28(18-29(17-27)30-6-2-1-5-26(30)22-40)25-10-12-32-31-7-3-4-8-35(31)42-38(32)20-25/h1-20H. The quantitative estimate of drug-likeness (QED) is 0.225. The number of hydrogen-bond donors (Lipinski definition) is 0. The molecule has 0 N–H and O–H groups in total. The number of nitriles is 2. The summed E-state index contributed by atoms with van der Waals surface area (Å²) in [6, 6.07) is 44.7. The first kappa shape index (κ1) is 23.8. The third-order valence-electron chi connectivity index (χ3n) is 7.94. The minimum Gasteiger partial charge on any atom is -0.456 e. The fraction of sp³-hybridized carbons (Fsp3) is 0. The lowest BCUT2D eigenvalue weighted by Gasteiger charge is -2.12. The van der Waals surface area contributed by atoms with Crippen LogP contribution in [0.3, 0.4) is 0 Å². The third-order valence-corrected chi connectivity index (χ3v) is 7.94. The lowest BCUT2D eigenvalue weighted by molar-refractivity contribution is 0.668. The largest absolute Gasteiger partial charge is 0.456 e. The van der Waals surface area contributed by atoms with Gasteiger partial charge in [-0.3, -0.25) is 0 Å². The second-order valence-corrected chi connectivity index (χ2v) is 10.4. The van der Waals surface area contributed by atoms with Crippen LogP contribution in [0.25, 0.3) is 77.3 Å². The molecule has 194 valence electrons. The number of para-hydroxylation sites is 1. The van der Waals surface area contributed by atoms with Crippen molar-refractivity contribution in [3.63, 3.8) is 0 Å². The minimum atomic E-state index is 0.592. The Balaban J connectivity index is 1.36. The highest BCUT2D eigenvalue weighted by Gasteiger charge is 2.14. The molecule has 4 heteroatoms. The van der Waals surface area contributed by atoms with Crippen molar-refractivity contribution in [1.29, 1.82) is 10.5 Å². The highest BCUT2D eigenvalue weighted by Crippen LogP contribution is 2.39. The van der Waals surface area contributed by atoms with Crippen LogP contribution in [0.15, 0.2) is 130 Å². The van der Waals surface area contributed by atoms with Gasteiger partial charge in [-0.05, 0) is 106 Å². The van der Waals surface area contributed by atoms with Crippen molar-refractivity contribution in [3.05, 3.63) is 132 Å². The highest BCUT2D eigenvalue weighted by atomic mass is 16.3. The first-order chi connectivity index (χ1) is 20.7. The predicted octanol–water partition coefficient (Wildman–Crippen LogP) is 10.2. The zero-order chi connectivity index (χ0) is 28.2. The Morgan fingerprint density at radius 2 is 1.02 bits per heavy atom. The van der Waals surface area contributed by atoms with Gasteiger partial charge in [0, 0.05) is 21.5 Å². The zero-order valence-electron chi connectivity index (χ0n) is 22.3. The summed E-state index contributed by atoms with van der Waals surface area (Å²) in [6.07, 6.45) is 0. The molecule has 42 heavy (non-hydrogen) atoms. The smallest absolute Gasteiger partial charge is 0.136 e. The van der Waals surface area contributed by atoms with Gasteiger partial charge in [-0.2, -0.15) is 10.5 Å². The maximum Gasteiger partial charge on any atom is 0.136 e. The summed E-state index contributed by atoms with van der Waals surface area (Å²) in [5.74, 6) is 0. The highest BCUT2D eigenvalue weighted by molar-refractivity contribution is 6.07. The van der Waals surface area contributed by atoms with E-state index >= 15 is 0 Å². The first-order valence-electron chi connectivity index (χ1n) is 13.6.